The molecule has 1 aliphatic heterocycles. The van der Waals surface area contributed by atoms with Crippen molar-refractivity contribution in [3.63, 3.8) is 0 Å². The Morgan fingerprint density at radius 2 is 1.93 bits per heavy atom. The third-order valence-corrected chi connectivity index (χ3v) is 5.07. The molecular weight excluding hydrogens is 360 g/mol. The molecule has 1 saturated heterocycles. The first-order chi connectivity index (χ1) is 13.3. The van der Waals surface area contributed by atoms with Gasteiger partial charge in [0.2, 0.25) is 0 Å². The van der Waals surface area contributed by atoms with Crippen molar-refractivity contribution in [2.45, 2.75) is 19.3 Å². The summed E-state index contributed by atoms with van der Waals surface area (Å²) in [7, 11) is 0. The number of hydrogen-bond acceptors (Lipinski definition) is 5. The molecule has 1 N–H and O–H groups in total. The lowest BCUT2D eigenvalue weighted by Gasteiger charge is -2.26. The first-order valence-corrected chi connectivity index (χ1v) is 9.78. The minimum atomic E-state index is 0.470. The number of nitrogens with one attached hydrogen (secondary N) is 1. The molecule has 1 aliphatic rings. The highest BCUT2D eigenvalue weighted by Crippen LogP contribution is 2.27. The quantitative estimate of drug-likeness (QED) is 0.615. The van der Waals surface area contributed by atoms with Crippen molar-refractivity contribution >= 4 is 33.9 Å². The van der Waals surface area contributed by atoms with E-state index in [1.165, 1.54) is 32.4 Å². The third-order valence-electron chi connectivity index (χ3n) is 4.85. The van der Waals surface area contributed by atoms with E-state index in [4.69, 9.17) is 16.3 Å². The Balaban J connectivity index is 1.44. The molecule has 1 aromatic carbocycles. The monoisotopic (exact) mass is 382 g/mol. The number of rotatable bonds is 6. The van der Waals surface area contributed by atoms with Crippen molar-refractivity contribution in [1.82, 2.24) is 14.9 Å². The van der Waals surface area contributed by atoms with E-state index < -0.39 is 0 Å². The number of aromatic nitrogens is 2. The van der Waals surface area contributed by atoms with Gasteiger partial charge in [0.25, 0.3) is 0 Å². The molecule has 0 atom stereocenters. The van der Waals surface area contributed by atoms with Crippen LogP contribution in [0.2, 0.25) is 5.15 Å². The molecule has 0 amide bonds. The topological polar surface area (TPSA) is 50.3 Å². The van der Waals surface area contributed by atoms with Gasteiger partial charge in [-0.3, -0.25) is 4.90 Å². The van der Waals surface area contributed by atoms with Crippen LogP contribution < -0.4 is 10.1 Å². The standard InChI is InChI=1S/C21H23ClN4O/c22-20-7-4-17(15-24-20)25-21-19-6-5-18(14-16(19)8-9-23-21)27-13-12-26-10-2-1-3-11-26/h4-9,14-15H,1-3,10-13H2,(H,23,25). The van der Waals surface area contributed by atoms with E-state index in [0.717, 1.165) is 41.2 Å². The number of fused-ring (bicyclic) bond motifs is 1. The number of nitrogens with zero attached hydrogens (tertiary/aromatic N) is 3. The SMILES string of the molecule is Clc1ccc(Nc2nccc3cc(OCCN4CCCCC4)ccc23)cn1. The molecule has 0 radical (unpaired) electrons. The molecule has 0 saturated carbocycles. The zero-order valence-electron chi connectivity index (χ0n) is 15.2. The summed E-state index contributed by atoms with van der Waals surface area (Å²) in [4.78, 5) is 11.0. The number of anilines is 2. The molecule has 3 heterocycles. The first kappa shape index (κ1) is 18.0. The molecule has 0 aliphatic carbocycles. The molecule has 0 bridgehead atoms. The Bertz CT molecular complexity index is 894. The van der Waals surface area contributed by atoms with Crippen molar-refractivity contribution in [3.8, 4) is 5.75 Å². The number of benzene rings is 1. The highest BCUT2D eigenvalue weighted by atomic mass is 35.5. The van der Waals surface area contributed by atoms with E-state index >= 15 is 0 Å². The first-order valence-electron chi connectivity index (χ1n) is 9.40. The predicted octanol–water partition coefficient (Wildman–Crippen LogP) is 4.89. The highest BCUT2D eigenvalue weighted by Gasteiger charge is 2.10. The number of ether oxygens (including phenoxy) is 1. The van der Waals surface area contributed by atoms with Crippen molar-refractivity contribution in [1.29, 1.82) is 0 Å². The maximum absolute atomic E-state index is 5.98. The molecule has 5 nitrogen and oxygen atoms in total. The van der Waals surface area contributed by atoms with Crippen LogP contribution >= 0.6 is 11.6 Å². The van der Waals surface area contributed by atoms with E-state index in [0.29, 0.717) is 5.15 Å². The molecule has 6 heteroatoms. The van der Waals surface area contributed by atoms with Gasteiger partial charge in [-0.25, -0.2) is 9.97 Å². The Labute approximate surface area is 164 Å². The fourth-order valence-electron chi connectivity index (χ4n) is 3.41. The number of halogens is 1. The smallest absolute Gasteiger partial charge is 0.138 e. The zero-order valence-corrected chi connectivity index (χ0v) is 16.0. The van der Waals surface area contributed by atoms with Crippen LogP contribution in [0.3, 0.4) is 0 Å². The fraction of sp³-hybridized carbons (Fsp3) is 0.333. The minimum absolute atomic E-state index is 0.470. The van der Waals surface area contributed by atoms with Gasteiger partial charge in [0.1, 0.15) is 23.3 Å². The summed E-state index contributed by atoms with van der Waals surface area (Å²) < 4.78 is 5.98. The van der Waals surface area contributed by atoms with Crippen molar-refractivity contribution in [2.24, 2.45) is 0 Å². The highest BCUT2D eigenvalue weighted by molar-refractivity contribution is 6.29. The summed E-state index contributed by atoms with van der Waals surface area (Å²) in [5.41, 5.74) is 0.848. The molecule has 27 heavy (non-hydrogen) atoms. The maximum atomic E-state index is 5.98. The summed E-state index contributed by atoms with van der Waals surface area (Å²) in [5, 5.41) is 5.90. The Hall–Kier alpha value is -2.37. The van der Waals surface area contributed by atoms with Crippen LogP contribution in [0.1, 0.15) is 19.3 Å². The number of piperidine rings is 1. The largest absolute Gasteiger partial charge is 0.492 e. The fourth-order valence-corrected chi connectivity index (χ4v) is 3.52. The van der Waals surface area contributed by atoms with Crippen molar-refractivity contribution < 1.29 is 4.74 Å². The molecule has 0 unspecified atom stereocenters. The van der Waals surface area contributed by atoms with E-state index in [1.807, 2.05) is 24.3 Å². The zero-order chi connectivity index (χ0) is 18.5. The van der Waals surface area contributed by atoms with Crippen LogP contribution in [0.4, 0.5) is 11.5 Å². The van der Waals surface area contributed by atoms with Gasteiger partial charge in [-0.15, -0.1) is 0 Å². The van der Waals surface area contributed by atoms with Gasteiger partial charge in [-0.1, -0.05) is 18.0 Å². The summed E-state index contributed by atoms with van der Waals surface area (Å²) >= 11 is 5.85. The lowest BCUT2D eigenvalue weighted by atomic mass is 10.1. The van der Waals surface area contributed by atoms with Crippen molar-refractivity contribution in [2.75, 3.05) is 31.6 Å². The molecular formula is C21H23ClN4O. The average Bonchev–Trinajstić information content (AvgIpc) is 2.71. The van der Waals surface area contributed by atoms with E-state index in [9.17, 15) is 0 Å². The van der Waals surface area contributed by atoms with E-state index in [2.05, 4.69) is 26.3 Å². The number of likely N-dealkylation sites (tertiary alicyclic amines) is 1. The van der Waals surface area contributed by atoms with Gasteiger partial charge in [0.15, 0.2) is 0 Å². The Kier molecular flexibility index (Phi) is 5.70. The van der Waals surface area contributed by atoms with Crippen LogP contribution in [-0.2, 0) is 0 Å². The minimum Gasteiger partial charge on any atom is -0.492 e. The van der Waals surface area contributed by atoms with Gasteiger partial charge < -0.3 is 10.1 Å². The summed E-state index contributed by atoms with van der Waals surface area (Å²) in [6, 6.07) is 11.8. The number of hydrogen-bond donors (Lipinski definition) is 1. The summed E-state index contributed by atoms with van der Waals surface area (Å²) in [6.45, 7) is 4.10. The van der Waals surface area contributed by atoms with Crippen LogP contribution in [0.25, 0.3) is 10.8 Å². The van der Waals surface area contributed by atoms with Crippen LogP contribution in [0.15, 0.2) is 48.8 Å². The average molecular weight is 383 g/mol. The molecule has 0 spiro atoms. The van der Waals surface area contributed by atoms with E-state index in [1.54, 1.807) is 18.5 Å². The van der Waals surface area contributed by atoms with Crippen molar-refractivity contribution in [3.05, 3.63) is 53.9 Å². The van der Waals surface area contributed by atoms with Crippen LogP contribution in [0, 0.1) is 0 Å². The molecule has 2 aromatic heterocycles. The predicted molar refractivity (Wildman–Crippen MR) is 110 cm³/mol. The number of pyridine rings is 2. The van der Waals surface area contributed by atoms with Crippen LogP contribution in [-0.4, -0.2) is 41.1 Å². The normalized spacial score (nSPS) is 15.0. The lowest BCUT2D eigenvalue weighted by Crippen LogP contribution is -2.33. The molecule has 4 rings (SSSR count). The van der Waals surface area contributed by atoms with E-state index in [-0.39, 0.29) is 0 Å². The molecule has 140 valence electrons. The van der Waals surface area contributed by atoms with Gasteiger partial charge >= 0.3 is 0 Å². The maximum Gasteiger partial charge on any atom is 0.138 e. The lowest BCUT2D eigenvalue weighted by molar-refractivity contribution is 0.183. The summed E-state index contributed by atoms with van der Waals surface area (Å²) in [5.74, 6) is 1.68. The van der Waals surface area contributed by atoms with Crippen LogP contribution in [0.5, 0.6) is 5.75 Å². The van der Waals surface area contributed by atoms with Gasteiger partial charge in [-0.05, 0) is 67.7 Å². The van der Waals surface area contributed by atoms with Gasteiger partial charge in [0, 0.05) is 18.1 Å². The van der Waals surface area contributed by atoms with Gasteiger partial charge in [-0.2, -0.15) is 0 Å². The van der Waals surface area contributed by atoms with Gasteiger partial charge in [0.05, 0.1) is 11.9 Å². The third kappa shape index (κ3) is 4.67. The Morgan fingerprint density at radius 1 is 1.04 bits per heavy atom. The second-order valence-electron chi connectivity index (χ2n) is 6.79. The second kappa shape index (κ2) is 8.55. The summed E-state index contributed by atoms with van der Waals surface area (Å²) in [6.07, 6.45) is 7.47. The second-order valence-corrected chi connectivity index (χ2v) is 7.18. The molecule has 3 aromatic rings. The molecule has 1 fully saturated rings. The Morgan fingerprint density at radius 3 is 2.74 bits per heavy atom.